The van der Waals surface area contributed by atoms with E-state index in [1.807, 2.05) is 12.1 Å². The van der Waals surface area contributed by atoms with E-state index in [0.717, 1.165) is 25.0 Å². The van der Waals surface area contributed by atoms with Crippen molar-refractivity contribution in [2.24, 2.45) is 0 Å². The number of carbonyl (C=O) groups is 2. The van der Waals surface area contributed by atoms with Crippen LogP contribution < -0.4 is 10.6 Å². The Balaban J connectivity index is 1.60. The number of benzene rings is 1. The summed E-state index contributed by atoms with van der Waals surface area (Å²) in [5.41, 5.74) is 2.13. The molecule has 3 amide bonds. The molecular weight excluding hydrogens is 330 g/mol. The molecule has 1 aromatic rings. The van der Waals surface area contributed by atoms with Gasteiger partial charge in [-0.15, -0.1) is 0 Å². The van der Waals surface area contributed by atoms with E-state index in [1.165, 1.54) is 0 Å². The molecule has 0 radical (unpaired) electrons. The van der Waals surface area contributed by atoms with Crippen molar-refractivity contribution < 1.29 is 14.3 Å². The van der Waals surface area contributed by atoms with Gasteiger partial charge in [-0.25, -0.2) is 4.79 Å². The van der Waals surface area contributed by atoms with Crippen LogP contribution in [0, 0.1) is 0 Å². The van der Waals surface area contributed by atoms with E-state index in [9.17, 15) is 9.59 Å². The van der Waals surface area contributed by atoms with E-state index in [-0.39, 0.29) is 18.0 Å². The minimum atomic E-state index is -0.451. The lowest BCUT2D eigenvalue weighted by molar-refractivity contribution is -0.127. The third-order valence-corrected chi connectivity index (χ3v) is 4.92. The fourth-order valence-corrected chi connectivity index (χ4v) is 3.64. The first kappa shape index (κ1) is 15.5. The molecule has 0 unspecified atom stereocenters. The minimum Gasteiger partial charge on any atom is -0.376 e. The number of rotatable bonds is 3. The van der Waals surface area contributed by atoms with E-state index in [4.69, 9.17) is 16.3 Å². The third kappa shape index (κ3) is 2.76. The van der Waals surface area contributed by atoms with E-state index in [2.05, 4.69) is 10.6 Å². The summed E-state index contributed by atoms with van der Waals surface area (Å²) in [6, 6.07) is 6.44. The maximum absolute atomic E-state index is 12.9. The molecule has 0 bridgehead atoms. The Morgan fingerprint density at radius 2 is 2.04 bits per heavy atom. The molecule has 1 saturated heterocycles. The van der Waals surface area contributed by atoms with Crippen LogP contribution in [0.15, 0.2) is 35.5 Å². The Morgan fingerprint density at radius 3 is 2.75 bits per heavy atom. The highest BCUT2D eigenvalue weighted by molar-refractivity contribution is 6.30. The lowest BCUT2D eigenvalue weighted by atomic mass is 9.96. The smallest absolute Gasteiger partial charge is 0.319 e. The van der Waals surface area contributed by atoms with Crippen molar-refractivity contribution in [3.8, 4) is 0 Å². The number of halogens is 1. The number of hydrogen-bond donors (Lipinski definition) is 2. The van der Waals surface area contributed by atoms with Gasteiger partial charge in [-0.05, 0) is 30.5 Å². The summed E-state index contributed by atoms with van der Waals surface area (Å²) in [5, 5.41) is 6.23. The number of hydrogen-bond acceptors (Lipinski definition) is 3. The van der Waals surface area contributed by atoms with Gasteiger partial charge in [0.15, 0.2) is 0 Å². The van der Waals surface area contributed by atoms with Crippen LogP contribution in [-0.4, -0.2) is 42.6 Å². The SMILES string of the molecule is O=C1NC2=C(C(=O)N(C[C@@H]3CCCO3)C2)[C@@H](c2ccc(Cl)cc2)N1. The van der Waals surface area contributed by atoms with Crippen LogP contribution in [0.4, 0.5) is 4.79 Å². The average Bonchev–Trinajstić information content (AvgIpc) is 3.17. The Bertz CT molecular complexity index is 710. The molecule has 0 saturated carbocycles. The van der Waals surface area contributed by atoms with Crippen LogP contribution in [0.25, 0.3) is 0 Å². The standard InChI is InChI=1S/C17H18ClN3O3/c18-11-5-3-10(4-6-11)15-14-13(19-17(23)20-15)9-21(16(14)22)8-12-2-1-7-24-12/h3-6,12,15H,1-2,7-9H2,(H2,19,20,23)/t12-,15+/m0/s1. The molecule has 7 heteroatoms. The van der Waals surface area contributed by atoms with Gasteiger partial charge in [0.25, 0.3) is 5.91 Å². The quantitative estimate of drug-likeness (QED) is 0.878. The molecule has 2 N–H and O–H groups in total. The highest BCUT2D eigenvalue weighted by Crippen LogP contribution is 2.33. The summed E-state index contributed by atoms with van der Waals surface area (Å²) >= 11 is 5.94. The number of nitrogens with zero attached hydrogens (tertiary/aromatic N) is 1. The summed E-state index contributed by atoms with van der Waals surface area (Å²) in [4.78, 5) is 26.6. The number of ether oxygens (including phenoxy) is 1. The normalized spacial score (nSPS) is 26.5. The molecule has 0 aliphatic carbocycles. The van der Waals surface area contributed by atoms with Gasteiger partial charge in [-0.2, -0.15) is 0 Å². The van der Waals surface area contributed by atoms with Crippen LogP contribution in [0.1, 0.15) is 24.4 Å². The van der Waals surface area contributed by atoms with Gasteiger partial charge in [-0.1, -0.05) is 23.7 Å². The molecular formula is C17H18ClN3O3. The number of carbonyl (C=O) groups excluding carboxylic acids is 2. The molecule has 6 nitrogen and oxygen atoms in total. The zero-order valence-electron chi connectivity index (χ0n) is 13.0. The van der Waals surface area contributed by atoms with Crippen molar-refractivity contribution in [1.82, 2.24) is 15.5 Å². The van der Waals surface area contributed by atoms with Gasteiger partial charge < -0.3 is 20.3 Å². The monoisotopic (exact) mass is 347 g/mol. The first-order chi connectivity index (χ1) is 11.6. The molecule has 1 aromatic carbocycles. The predicted octanol–water partition coefficient (Wildman–Crippen LogP) is 1.97. The highest BCUT2D eigenvalue weighted by Gasteiger charge is 2.41. The molecule has 126 valence electrons. The average molecular weight is 348 g/mol. The zero-order valence-corrected chi connectivity index (χ0v) is 13.8. The highest BCUT2D eigenvalue weighted by atomic mass is 35.5. The lowest BCUT2D eigenvalue weighted by Gasteiger charge is -2.25. The largest absolute Gasteiger partial charge is 0.376 e. The Morgan fingerprint density at radius 1 is 1.25 bits per heavy atom. The van der Waals surface area contributed by atoms with E-state index >= 15 is 0 Å². The molecule has 24 heavy (non-hydrogen) atoms. The van der Waals surface area contributed by atoms with Gasteiger partial charge in [0, 0.05) is 18.2 Å². The molecule has 1 fully saturated rings. The van der Waals surface area contributed by atoms with Crippen LogP contribution in [0.2, 0.25) is 5.02 Å². The fourth-order valence-electron chi connectivity index (χ4n) is 3.52. The van der Waals surface area contributed by atoms with Crippen molar-refractivity contribution in [1.29, 1.82) is 0 Å². The summed E-state index contributed by atoms with van der Waals surface area (Å²) in [5.74, 6) is -0.0482. The molecule has 0 spiro atoms. The van der Waals surface area contributed by atoms with Crippen LogP contribution in [-0.2, 0) is 9.53 Å². The number of nitrogens with one attached hydrogen (secondary N) is 2. The second-order valence-corrected chi connectivity index (χ2v) is 6.73. The first-order valence-corrected chi connectivity index (χ1v) is 8.46. The summed E-state index contributed by atoms with van der Waals surface area (Å²) in [6.07, 6.45) is 2.10. The predicted molar refractivity (Wildman–Crippen MR) is 88.4 cm³/mol. The van der Waals surface area contributed by atoms with Crippen molar-refractivity contribution in [3.63, 3.8) is 0 Å². The van der Waals surface area contributed by atoms with Crippen LogP contribution in [0.5, 0.6) is 0 Å². The van der Waals surface area contributed by atoms with Gasteiger partial charge >= 0.3 is 6.03 Å². The maximum Gasteiger partial charge on any atom is 0.319 e. The van der Waals surface area contributed by atoms with Crippen molar-refractivity contribution in [2.45, 2.75) is 25.0 Å². The molecule has 2 atom stereocenters. The maximum atomic E-state index is 12.9. The number of amides is 3. The van der Waals surface area contributed by atoms with Crippen molar-refractivity contribution in [2.75, 3.05) is 19.7 Å². The third-order valence-electron chi connectivity index (χ3n) is 4.67. The summed E-state index contributed by atoms with van der Waals surface area (Å²) in [6.45, 7) is 1.74. The van der Waals surface area contributed by atoms with Crippen LogP contribution in [0.3, 0.4) is 0 Å². The van der Waals surface area contributed by atoms with E-state index in [1.54, 1.807) is 17.0 Å². The summed E-state index contributed by atoms with van der Waals surface area (Å²) in [7, 11) is 0. The minimum absolute atomic E-state index is 0.0482. The second-order valence-electron chi connectivity index (χ2n) is 6.30. The Labute approximate surface area is 144 Å². The van der Waals surface area contributed by atoms with Crippen LogP contribution >= 0.6 is 11.6 Å². The van der Waals surface area contributed by atoms with Gasteiger partial charge in [-0.3, -0.25) is 4.79 Å². The van der Waals surface area contributed by atoms with Gasteiger partial charge in [0.1, 0.15) is 0 Å². The van der Waals surface area contributed by atoms with Gasteiger partial charge in [0.05, 0.1) is 30.0 Å². The molecule has 4 rings (SSSR count). The lowest BCUT2D eigenvalue weighted by Crippen LogP contribution is -2.44. The Kier molecular flexibility index (Phi) is 3.94. The zero-order chi connectivity index (χ0) is 16.7. The van der Waals surface area contributed by atoms with Gasteiger partial charge in [0.2, 0.25) is 0 Å². The van der Waals surface area contributed by atoms with Crippen molar-refractivity contribution in [3.05, 3.63) is 46.1 Å². The molecule has 3 aliphatic rings. The van der Waals surface area contributed by atoms with E-state index < -0.39 is 6.04 Å². The first-order valence-electron chi connectivity index (χ1n) is 8.09. The van der Waals surface area contributed by atoms with E-state index in [0.29, 0.717) is 29.4 Å². The van der Waals surface area contributed by atoms with Crippen molar-refractivity contribution >= 4 is 23.5 Å². The topological polar surface area (TPSA) is 70.7 Å². The fraction of sp³-hybridized carbons (Fsp3) is 0.412. The second kappa shape index (κ2) is 6.11. The Hall–Kier alpha value is -2.05. The number of urea groups is 1. The molecule has 3 aliphatic heterocycles. The molecule has 0 aromatic heterocycles. The summed E-state index contributed by atoms with van der Waals surface area (Å²) < 4.78 is 5.63. The molecule has 3 heterocycles.